The largest absolute Gasteiger partial charge is 0.325 e. The maximum Gasteiger partial charge on any atom is 0.264 e. The molecule has 0 spiro atoms. The number of amides is 1. The fourth-order valence-corrected chi connectivity index (χ4v) is 3.98. The predicted octanol–water partition coefficient (Wildman–Crippen LogP) is 2.69. The molecule has 0 bridgehead atoms. The molecule has 0 heterocycles. The number of halogens is 2. The van der Waals surface area contributed by atoms with Gasteiger partial charge in [-0.2, -0.15) is 0 Å². The van der Waals surface area contributed by atoms with Crippen LogP contribution in [-0.2, 0) is 14.8 Å². The van der Waals surface area contributed by atoms with Gasteiger partial charge in [0.2, 0.25) is 5.91 Å². The first kappa shape index (κ1) is 17.6. The van der Waals surface area contributed by atoms with Crippen molar-refractivity contribution >= 4 is 50.5 Å². The highest BCUT2D eigenvalue weighted by molar-refractivity contribution is 7.93. The average molecular weight is 374 g/mol. The van der Waals surface area contributed by atoms with Crippen LogP contribution in [0.25, 0.3) is 0 Å². The number of anilines is 2. The molecule has 0 aliphatic heterocycles. The van der Waals surface area contributed by atoms with Gasteiger partial charge in [-0.25, -0.2) is 8.42 Å². The standard InChI is InChI=1S/C14H13Cl2N3O3S/c15-11-2-1-3-12(16)14(11)23(21,22)19-10-6-4-9(5-7-10)18-13(20)8-17/h1-7,19H,8,17H2,(H,18,20). The topological polar surface area (TPSA) is 101 Å². The minimum atomic E-state index is -3.94. The SMILES string of the molecule is NCC(=O)Nc1ccc(NS(=O)(=O)c2c(Cl)cccc2Cl)cc1. The highest BCUT2D eigenvalue weighted by Crippen LogP contribution is 2.30. The summed E-state index contributed by atoms with van der Waals surface area (Å²) in [4.78, 5) is 11.0. The summed E-state index contributed by atoms with van der Waals surface area (Å²) in [5.74, 6) is -0.346. The average Bonchev–Trinajstić information content (AvgIpc) is 2.48. The van der Waals surface area contributed by atoms with Crippen LogP contribution in [-0.4, -0.2) is 20.9 Å². The van der Waals surface area contributed by atoms with E-state index >= 15 is 0 Å². The number of carbonyl (C=O) groups is 1. The molecule has 0 fully saturated rings. The fraction of sp³-hybridized carbons (Fsp3) is 0.0714. The number of sulfonamides is 1. The van der Waals surface area contributed by atoms with Crippen LogP contribution in [0.1, 0.15) is 0 Å². The van der Waals surface area contributed by atoms with Crippen molar-refractivity contribution in [3.63, 3.8) is 0 Å². The van der Waals surface area contributed by atoms with Gasteiger partial charge in [0.1, 0.15) is 4.90 Å². The van der Waals surface area contributed by atoms with E-state index < -0.39 is 10.0 Å². The van der Waals surface area contributed by atoms with E-state index in [9.17, 15) is 13.2 Å². The molecule has 2 aromatic carbocycles. The molecule has 1 amide bonds. The molecule has 0 saturated heterocycles. The highest BCUT2D eigenvalue weighted by Gasteiger charge is 2.21. The monoisotopic (exact) mass is 373 g/mol. The van der Waals surface area contributed by atoms with Gasteiger partial charge >= 0.3 is 0 Å². The van der Waals surface area contributed by atoms with Gasteiger partial charge in [-0.15, -0.1) is 0 Å². The van der Waals surface area contributed by atoms with E-state index in [4.69, 9.17) is 28.9 Å². The minimum absolute atomic E-state index is 0.0248. The number of nitrogens with two attached hydrogens (primary N) is 1. The number of carbonyl (C=O) groups excluding carboxylic acids is 1. The second-order valence-electron chi connectivity index (χ2n) is 4.49. The maximum atomic E-state index is 12.4. The Hall–Kier alpha value is -1.80. The molecule has 0 saturated carbocycles. The van der Waals surface area contributed by atoms with Crippen LogP contribution in [0.15, 0.2) is 47.4 Å². The fourth-order valence-electron chi connectivity index (χ4n) is 1.78. The van der Waals surface area contributed by atoms with E-state index in [0.717, 1.165) is 0 Å². The van der Waals surface area contributed by atoms with Crippen molar-refractivity contribution in [1.29, 1.82) is 0 Å². The lowest BCUT2D eigenvalue weighted by Crippen LogP contribution is -2.21. The number of hydrogen-bond donors (Lipinski definition) is 3. The lowest BCUT2D eigenvalue weighted by molar-refractivity contribution is -0.114. The second kappa shape index (κ2) is 7.18. The number of nitrogens with one attached hydrogen (secondary N) is 2. The zero-order chi connectivity index (χ0) is 17.0. The molecule has 0 aromatic heterocycles. The molecule has 0 radical (unpaired) electrons. The third kappa shape index (κ3) is 4.35. The summed E-state index contributed by atoms with van der Waals surface area (Å²) in [6.07, 6.45) is 0. The van der Waals surface area contributed by atoms with Crippen molar-refractivity contribution in [2.24, 2.45) is 5.73 Å². The third-order valence-corrected chi connectivity index (χ3v) is 5.13. The molecular formula is C14H13Cl2N3O3S. The van der Waals surface area contributed by atoms with Crippen LogP contribution in [0.4, 0.5) is 11.4 Å². The van der Waals surface area contributed by atoms with Crippen molar-refractivity contribution in [3.05, 3.63) is 52.5 Å². The Morgan fingerprint density at radius 2 is 1.52 bits per heavy atom. The van der Waals surface area contributed by atoms with Gasteiger partial charge < -0.3 is 11.1 Å². The summed E-state index contributed by atoms with van der Waals surface area (Å²) in [6.45, 7) is -0.139. The van der Waals surface area contributed by atoms with Crippen LogP contribution in [0.3, 0.4) is 0 Å². The van der Waals surface area contributed by atoms with Gasteiger partial charge in [0, 0.05) is 11.4 Å². The maximum absolute atomic E-state index is 12.4. The Kier molecular flexibility index (Phi) is 5.48. The first-order chi connectivity index (χ1) is 10.8. The quantitative estimate of drug-likeness (QED) is 0.749. The normalized spacial score (nSPS) is 11.1. The zero-order valence-electron chi connectivity index (χ0n) is 11.7. The first-order valence-electron chi connectivity index (χ1n) is 6.40. The molecule has 9 heteroatoms. The van der Waals surface area contributed by atoms with Crippen molar-refractivity contribution in [2.75, 3.05) is 16.6 Å². The van der Waals surface area contributed by atoms with Crippen LogP contribution in [0.2, 0.25) is 10.0 Å². The van der Waals surface area contributed by atoms with Crippen LogP contribution < -0.4 is 15.8 Å². The summed E-state index contributed by atoms with van der Waals surface area (Å²) in [7, 11) is -3.94. The molecule has 4 N–H and O–H groups in total. The Labute approximate surface area is 143 Å². The molecule has 6 nitrogen and oxygen atoms in total. The molecule has 2 rings (SSSR count). The molecule has 0 aliphatic rings. The van der Waals surface area contributed by atoms with Gasteiger partial charge in [0.05, 0.1) is 16.6 Å². The van der Waals surface area contributed by atoms with Crippen molar-refractivity contribution < 1.29 is 13.2 Å². The zero-order valence-corrected chi connectivity index (χ0v) is 14.0. The van der Waals surface area contributed by atoms with E-state index in [-0.39, 0.29) is 27.4 Å². The summed E-state index contributed by atoms with van der Waals surface area (Å²) >= 11 is 11.8. The third-order valence-electron chi connectivity index (χ3n) is 2.79. The van der Waals surface area contributed by atoms with Gasteiger partial charge in [-0.05, 0) is 36.4 Å². The molecule has 23 heavy (non-hydrogen) atoms. The van der Waals surface area contributed by atoms with Crippen LogP contribution >= 0.6 is 23.2 Å². The van der Waals surface area contributed by atoms with Gasteiger partial charge in [0.15, 0.2) is 0 Å². The summed E-state index contributed by atoms with van der Waals surface area (Å²) in [5.41, 5.74) is 5.99. The Bertz CT molecular complexity index is 803. The molecule has 0 unspecified atom stereocenters. The lowest BCUT2D eigenvalue weighted by atomic mass is 10.3. The Morgan fingerprint density at radius 1 is 1.00 bits per heavy atom. The molecular weight excluding hydrogens is 361 g/mol. The van der Waals surface area contributed by atoms with Gasteiger partial charge in [-0.3, -0.25) is 9.52 Å². The number of hydrogen-bond acceptors (Lipinski definition) is 4. The Morgan fingerprint density at radius 3 is 2.04 bits per heavy atom. The van der Waals surface area contributed by atoms with E-state index in [2.05, 4.69) is 10.0 Å². The predicted molar refractivity (Wildman–Crippen MR) is 91.4 cm³/mol. The van der Waals surface area contributed by atoms with E-state index in [1.54, 1.807) is 18.2 Å². The first-order valence-corrected chi connectivity index (χ1v) is 8.64. The second-order valence-corrected chi connectivity index (χ2v) is 6.92. The minimum Gasteiger partial charge on any atom is -0.325 e. The molecule has 0 aliphatic carbocycles. The molecule has 122 valence electrons. The van der Waals surface area contributed by atoms with Crippen LogP contribution in [0.5, 0.6) is 0 Å². The summed E-state index contributed by atoms with van der Waals surface area (Å²) in [5, 5.41) is 2.60. The van der Waals surface area contributed by atoms with Crippen molar-refractivity contribution in [1.82, 2.24) is 0 Å². The lowest BCUT2D eigenvalue weighted by Gasteiger charge is -2.11. The van der Waals surface area contributed by atoms with Gasteiger partial charge in [-0.1, -0.05) is 29.3 Å². The summed E-state index contributed by atoms with van der Waals surface area (Å²) < 4.78 is 27.1. The Balaban J connectivity index is 2.23. The molecule has 0 atom stereocenters. The smallest absolute Gasteiger partial charge is 0.264 e. The van der Waals surface area contributed by atoms with E-state index in [0.29, 0.717) is 11.4 Å². The number of benzene rings is 2. The van der Waals surface area contributed by atoms with Crippen molar-refractivity contribution in [3.8, 4) is 0 Å². The van der Waals surface area contributed by atoms with Crippen molar-refractivity contribution in [2.45, 2.75) is 4.90 Å². The highest BCUT2D eigenvalue weighted by atomic mass is 35.5. The van der Waals surface area contributed by atoms with E-state index in [1.165, 1.54) is 24.3 Å². The molecule has 2 aromatic rings. The van der Waals surface area contributed by atoms with Crippen LogP contribution in [0, 0.1) is 0 Å². The summed E-state index contributed by atoms with van der Waals surface area (Å²) in [6, 6.07) is 10.5. The number of rotatable bonds is 5. The van der Waals surface area contributed by atoms with E-state index in [1.807, 2.05) is 0 Å². The van der Waals surface area contributed by atoms with Gasteiger partial charge in [0.25, 0.3) is 10.0 Å².